The summed E-state index contributed by atoms with van der Waals surface area (Å²) in [5.41, 5.74) is 0.939. The van der Waals surface area contributed by atoms with Crippen LogP contribution >= 0.6 is 23.2 Å². The van der Waals surface area contributed by atoms with Gasteiger partial charge in [0.25, 0.3) is 5.91 Å². The first-order valence-electron chi connectivity index (χ1n) is 7.29. The topological polar surface area (TPSA) is 47.6 Å². The number of halogens is 5. The number of rotatable bonds is 6. The van der Waals surface area contributed by atoms with E-state index in [4.69, 9.17) is 27.9 Å². The Hall–Kier alpha value is -2.12. The average molecular weight is 408 g/mol. The van der Waals surface area contributed by atoms with Crippen LogP contribution in [0.1, 0.15) is 15.9 Å². The lowest BCUT2D eigenvalue weighted by Crippen LogP contribution is -2.23. The normalized spacial score (nSPS) is 11.2. The van der Waals surface area contributed by atoms with E-state index in [-0.39, 0.29) is 33.7 Å². The molecule has 2 aromatic carbocycles. The summed E-state index contributed by atoms with van der Waals surface area (Å²) in [4.78, 5) is 12.2. The molecule has 1 amide bonds. The maximum Gasteiger partial charge on any atom is 0.422 e. The molecule has 0 aliphatic carbocycles. The van der Waals surface area contributed by atoms with E-state index in [0.29, 0.717) is 5.56 Å². The van der Waals surface area contributed by atoms with Crippen LogP contribution in [0.4, 0.5) is 13.2 Å². The maximum atomic E-state index is 12.2. The van der Waals surface area contributed by atoms with Crippen LogP contribution in [0.5, 0.6) is 11.5 Å². The van der Waals surface area contributed by atoms with Crippen LogP contribution in [-0.4, -0.2) is 25.8 Å². The van der Waals surface area contributed by atoms with Gasteiger partial charge in [-0.3, -0.25) is 4.79 Å². The van der Waals surface area contributed by atoms with E-state index in [1.165, 1.54) is 31.4 Å². The van der Waals surface area contributed by atoms with Crippen LogP contribution in [-0.2, 0) is 6.54 Å². The highest BCUT2D eigenvalue weighted by atomic mass is 35.5. The molecule has 9 heteroatoms. The van der Waals surface area contributed by atoms with Gasteiger partial charge in [-0.15, -0.1) is 0 Å². The molecule has 0 unspecified atom stereocenters. The van der Waals surface area contributed by atoms with Gasteiger partial charge in [0.15, 0.2) is 12.4 Å². The maximum absolute atomic E-state index is 12.2. The Kier molecular flexibility index (Phi) is 6.61. The van der Waals surface area contributed by atoms with Crippen LogP contribution in [0.2, 0.25) is 10.0 Å². The zero-order valence-electron chi connectivity index (χ0n) is 13.5. The monoisotopic (exact) mass is 407 g/mol. The standard InChI is InChI=1S/C17H14Cl2F3NO3/c1-25-15-13(18)6-11(7-14(15)19)16(24)23-8-10-2-4-12(5-3-10)26-9-17(20,21)22/h2-7H,8-9H2,1H3,(H,23,24). The number of carbonyl (C=O) groups is 1. The molecular weight excluding hydrogens is 394 g/mol. The lowest BCUT2D eigenvalue weighted by molar-refractivity contribution is -0.153. The van der Waals surface area contributed by atoms with Gasteiger partial charge in [-0.25, -0.2) is 0 Å². The van der Waals surface area contributed by atoms with Crippen molar-refractivity contribution in [3.8, 4) is 11.5 Å². The van der Waals surface area contributed by atoms with Crippen molar-refractivity contribution < 1.29 is 27.4 Å². The number of ether oxygens (including phenoxy) is 2. The van der Waals surface area contributed by atoms with Gasteiger partial charge in [0.1, 0.15) is 5.75 Å². The number of carbonyl (C=O) groups excluding carboxylic acids is 1. The summed E-state index contributed by atoms with van der Waals surface area (Å²) in [6, 6.07) is 8.76. The van der Waals surface area contributed by atoms with E-state index in [9.17, 15) is 18.0 Å². The van der Waals surface area contributed by atoms with Crippen molar-refractivity contribution in [2.45, 2.75) is 12.7 Å². The first kappa shape index (κ1) is 20.2. The molecular formula is C17H14Cl2F3NO3. The predicted octanol–water partition coefficient (Wildman–Crippen LogP) is 4.87. The summed E-state index contributed by atoms with van der Waals surface area (Å²) in [7, 11) is 1.41. The summed E-state index contributed by atoms with van der Waals surface area (Å²) in [5, 5.41) is 3.07. The SMILES string of the molecule is COc1c(Cl)cc(C(=O)NCc2ccc(OCC(F)(F)F)cc2)cc1Cl. The summed E-state index contributed by atoms with van der Waals surface area (Å²) in [6.07, 6.45) is -4.40. The summed E-state index contributed by atoms with van der Waals surface area (Å²) >= 11 is 12.0. The van der Waals surface area contributed by atoms with Crippen molar-refractivity contribution in [3.05, 3.63) is 57.6 Å². The van der Waals surface area contributed by atoms with Gasteiger partial charge >= 0.3 is 6.18 Å². The number of hydrogen-bond donors (Lipinski definition) is 1. The van der Waals surface area contributed by atoms with Crippen molar-refractivity contribution in [3.63, 3.8) is 0 Å². The van der Waals surface area contributed by atoms with Gasteiger partial charge in [0.05, 0.1) is 17.2 Å². The number of amides is 1. The first-order chi connectivity index (χ1) is 12.2. The molecule has 0 radical (unpaired) electrons. The highest BCUT2D eigenvalue weighted by Crippen LogP contribution is 2.33. The first-order valence-corrected chi connectivity index (χ1v) is 8.05. The molecule has 4 nitrogen and oxygen atoms in total. The minimum absolute atomic E-state index is 0.0890. The molecule has 0 fully saturated rings. The van der Waals surface area contributed by atoms with Gasteiger partial charge < -0.3 is 14.8 Å². The predicted molar refractivity (Wildman–Crippen MR) is 92.2 cm³/mol. The molecule has 0 aromatic heterocycles. The lowest BCUT2D eigenvalue weighted by atomic mass is 10.1. The van der Waals surface area contributed by atoms with E-state index in [2.05, 4.69) is 10.1 Å². The van der Waals surface area contributed by atoms with Crippen LogP contribution in [0.25, 0.3) is 0 Å². The zero-order chi connectivity index (χ0) is 19.3. The largest absolute Gasteiger partial charge is 0.494 e. The number of alkyl halides is 3. The van der Waals surface area contributed by atoms with Crippen molar-refractivity contribution in [2.75, 3.05) is 13.7 Å². The highest BCUT2D eigenvalue weighted by Gasteiger charge is 2.28. The van der Waals surface area contributed by atoms with E-state index >= 15 is 0 Å². The van der Waals surface area contributed by atoms with Gasteiger partial charge in [-0.1, -0.05) is 35.3 Å². The van der Waals surface area contributed by atoms with Gasteiger partial charge in [-0.05, 0) is 29.8 Å². The third-order valence-corrected chi connectivity index (χ3v) is 3.81. The van der Waals surface area contributed by atoms with Crippen LogP contribution in [0.15, 0.2) is 36.4 Å². The second-order valence-electron chi connectivity index (χ2n) is 5.20. The Morgan fingerprint density at radius 1 is 1.12 bits per heavy atom. The van der Waals surface area contributed by atoms with Gasteiger partial charge in [0.2, 0.25) is 0 Å². The van der Waals surface area contributed by atoms with E-state index < -0.39 is 18.7 Å². The second kappa shape index (κ2) is 8.51. The van der Waals surface area contributed by atoms with Crippen LogP contribution in [0.3, 0.4) is 0 Å². The zero-order valence-corrected chi connectivity index (χ0v) is 15.0. The Morgan fingerprint density at radius 3 is 2.19 bits per heavy atom. The molecule has 2 aromatic rings. The van der Waals surface area contributed by atoms with Crippen LogP contribution in [0, 0.1) is 0 Å². The molecule has 1 N–H and O–H groups in total. The average Bonchev–Trinajstić information content (AvgIpc) is 2.57. The third-order valence-electron chi connectivity index (χ3n) is 3.24. The molecule has 26 heavy (non-hydrogen) atoms. The molecule has 0 saturated carbocycles. The Balaban J connectivity index is 1.95. The molecule has 2 rings (SSSR count). The fraction of sp³-hybridized carbons (Fsp3) is 0.235. The van der Waals surface area contributed by atoms with Crippen molar-refractivity contribution in [2.24, 2.45) is 0 Å². The van der Waals surface area contributed by atoms with E-state index in [1.54, 1.807) is 12.1 Å². The molecule has 0 atom stereocenters. The molecule has 0 saturated heterocycles. The van der Waals surface area contributed by atoms with Gasteiger partial charge in [-0.2, -0.15) is 13.2 Å². The third kappa shape index (κ3) is 5.71. The summed E-state index contributed by atoms with van der Waals surface area (Å²) in [5.74, 6) is -0.0423. The van der Waals surface area contributed by atoms with E-state index in [1.807, 2.05) is 0 Å². The molecule has 0 spiro atoms. The Morgan fingerprint density at radius 2 is 1.69 bits per heavy atom. The molecule has 0 heterocycles. The fourth-order valence-electron chi connectivity index (χ4n) is 2.04. The number of benzene rings is 2. The summed E-state index contributed by atoms with van der Waals surface area (Å²) < 4.78 is 45.9. The van der Waals surface area contributed by atoms with Gasteiger partial charge in [0, 0.05) is 12.1 Å². The number of hydrogen-bond acceptors (Lipinski definition) is 3. The Labute approximate surface area is 157 Å². The van der Waals surface area contributed by atoms with Crippen molar-refractivity contribution in [1.82, 2.24) is 5.32 Å². The molecule has 0 aliphatic rings. The number of methoxy groups -OCH3 is 1. The smallest absolute Gasteiger partial charge is 0.422 e. The van der Waals surface area contributed by atoms with Crippen molar-refractivity contribution >= 4 is 29.1 Å². The quantitative estimate of drug-likeness (QED) is 0.742. The summed E-state index contributed by atoms with van der Waals surface area (Å²) in [6.45, 7) is -1.19. The second-order valence-corrected chi connectivity index (χ2v) is 6.02. The molecule has 0 aliphatic heterocycles. The number of nitrogens with one attached hydrogen (secondary N) is 1. The molecule has 140 valence electrons. The van der Waals surface area contributed by atoms with Crippen LogP contribution < -0.4 is 14.8 Å². The minimum Gasteiger partial charge on any atom is -0.494 e. The molecule has 0 bridgehead atoms. The van der Waals surface area contributed by atoms with E-state index in [0.717, 1.165) is 0 Å². The van der Waals surface area contributed by atoms with Crippen molar-refractivity contribution in [1.29, 1.82) is 0 Å². The Bertz CT molecular complexity index is 757. The highest BCUT2D eigenvalue weighted by molar-refractivity contribution is 6.37. The fourth-order valence-corrected chi connectivity index (χ4v) is 2.68. The minimum atomic E-state index is -4.40. The lowest BCUT2D eigenvalue weighted by Gasteiger charge is -2.11.